The van der Waals surface area contributed by atoms with E-state index in [0.717, 1.165) is 47.2 Å². The van der Waals surface area contributed by atoms with Crippen LogP contribution in [0.5, 0.6) is 0 Å². The number of rotatable bonds is 6. The van der Waals surface area contributed by atoms with Crippen LogP contribution in [-0.2, 0) is 12.8 Å². The lowest BCUT2D eigenvalue weighted by Gasteiger charge is -2.10. The van der Waals surface area contributed by atoms with E-state index in [0.29, 0.717) is 17.8 Å². The normalized spacial score (nSPS) is 10.6. The first-order valence-electron chi connectivity index (χ1n) is 9.29. The maximum absolute atomic E-state index is 12.5. The minimum Gasteiger partial charge on any atom is -0.311 e. The number of nitrogens with one attached hydrogen (secondary N) is 1. The molecule has 0 unspecified atom stereocenters. The minimum absolute atomic E-state index is 0.0589. The summed E-state index contributed by atoms with van der Waals surface area (Å²) < 4.78 is 0. The summed E-state index contributed by atoms with van der Waals surface area (Å²) in [5, 5.41) is 9.36. The number of hydrogen-bond acceptors (Lipinski definition) is 3. The molecule has 4 nitrogen and oxygen atoms in total. The first-order valence-corrected chi connectivity index (χ1v) is 9.29. The Hall–Kier alpha value is -3.19. The molecule has 136 valence electrons. The molecule has 0 spiro atoms. The quantitative estimate of drug-likeness (QED) is 0.703. The van der Waals surface area contributed by atoms with E-state index < -0.39 is 0 Å². The molecule has 3 rings (SSSR count). The van der Waals surface area contributed by atoms with Crippen LogP contribution in [0.4, 0.5) is 0 Å². The highest BCUT2D eigenvalue weighted by Crippen LogP contribution is 2.25. The molecule has 3 aromatic rings. The molecule has 0 radical (unpaired) electrons. The molecule has 0 amide bonds. The second kappa shape index (κ2) is 8.46. The number of unbranched alkanes of at least 4 members (excludes halogenated alkanes) is 1. The molecule has 1 aromatic heterocycles. The zero-order valence-electron chi connectivity index (χ0n) is 15.7. The molecular formula is C23H23N3O. The molecule has 0 atom stereocenters. The Labute approximate surface area is 159 Å². The predicted molar refractivity (Wildman–Crippen MR) is 108 cm³/mol. The van der Waals surface area contributed by atoms with Gasteiger partial charge in [-0.2, -0.15) is 5.26 Å². The highest BCUT2D eigenvalue weighted by atomic mass is 16.1. The fraction of sp³-hybridized carbons (Fsp3) is 0.261. The van der Waals surface area contributed by atoms with Crippen LogP contribution >= 0.6 is 0 Å². The summed E-state index contributed by atoms with van der Waals surface area (Å²) in [6.07, 6.45) is 3.42. The summed E-state index contributed by atoms with van der Waals surface area (Å²) >= 11 is 0. The van der Waals surface area contributed by atoms with Crippen molar-refractivity contribution in [2.24, 2.45) is 0 Å². The third kappa shape index (κ3) is 4.32. The summed E-state index contributed by atoms with van der Waals surface area (Å²) in [7, 11) is 0. The van der Waals surface area contributed by atoms with E-state index in [-0.39, 0.29) is 5.56 Å². The van der Waals surface area contributed by atoms with E-state index in [9.17, 15) is 10.1 Å². The number of H-pyrrole nitrogens is 1. The van der Waals surface area contributed by atoms with Gasteiger partial charge in [-0.1, -0.05) is 55.8 Å². The molecule has 2 aromatic carbocycles. The van der Waals surface area contributed by atoms with Crippen molar-refractivity contribution in [3.63, 3.8) is 0 Å². The van der Waals surface area contributed by atoms with Crippen molar-refractivity contribution >= 4 is 0 Å². The van der Waals surface area contributed by atoms with E-state index in [4.69, 9.17) is 0 Å². The Morgan fingerprint density at radius 2 is 1.96 bits per heavy atom. The smallest absolute Gasteiger partial charge is 0.254 e. The average molecular weight is 357 g/mol. The van der Waals surface area contributed by atoms with E-state index in [1.165, 1.54) is 0 Å². The molecular weight excluding hydrogens is 334 g/mol. The van der Waals surface area contributed by atoms with Crippen molar-refractivity contribution in [2.75, 3.05) is 0 Å². The molecule has 0 saturated heterocycles. The summed E-state index contributed by atoms with van der Waals surface area (Å²) in [5.74, 6) is 0.659. The predicted octanol–water partition coefficient (Wildman–Crippen LogP) is 4.55. The number of benzene rings is 2. The minimum atomic E-state index is -0.0589. The van der Waals surface area contributed by atoms with Gasteiger partial charge in [0.15, 0.2) is 0 Å². The lowest BCUT2D eigenvalue weighted by Crippen LogP contribution is -2.19. The third-order valence-corrected chi connectivity index (χ3v) is 4.65. The Kier molecular flexibility index (Phi) is 5.83. The second-order valence-electron chi connectivity index (χ2n) is 6.71. The van der Waals surface area contributed by atoms with Gasteiger partial charge in [0.25, 0.3) is 5.56 Å². The Morgan fingerprint density at radius 1 is 1.15 bits per heavy atom. The van der Waals surface area contributed by atoms with Crippen LogP contribution in [0.3, 0.4) is 0 Å². The third-order valence-electron chi connectivity index (χ3n) is 4.65. The summed E-state index contributed by atoms with van der Waals surface area (Å²) in [6, 6.07) is 17.8. The van der Waals surface area contributed by atoms with Gasteiger partial charge in [0.05, 0.1) is 17.3 Å². The van der Waals surface area contributed by atoms with Gasteiger partial charge in [0.1, 0.15) is 5.82 Å². The van der Waals surface area contributed by atoms with Crippen molar-refractivity contribution in [3.8, 4) is 17.2 Å². The van der Waals surface area contributed by atoms with E-state index in [1.54, 1.807) is 0 Å². The number of aromatic amines is 1. The standard InChI is InChI=1S/C23H23N3O/c1-3-4-12-22-21(23(27)26-16(2)25-22)14-17-8-7-10-18(13-17)20-11-6-5-9-19(20)15-24/h5-11,13H,3-4,12,14H2,1-2H3,(H,25,26,27). The molecule has 0 aliphatic heterocycles. The molecule has 0 bridgehead atoms. The zero-order chi connectivity index (χ0) is 19.2. The van der Waals surface area contributed by atoms with Gasteiger partial charge in [-0.15, -0.1) is 0 Å². The van der Waals surface area contributed by atoms with Crippen LogP contribution in [0.25, 0.3) is 11.1 Å². The van der Waals surface area contributed by atoms with E-state index in [2.05, 4.69) is 29.0 Å². The van der Waals surface area contributed by atoms with Crippen LogP contribution in [0.1, 0.15) is 48.0 Å². The average Bonchev–Trinajstić information content (AvgIpc) is 2.68. The number of aromatic nitrogens is 2. The number of nitriles is 1. The molecule has 0 aliphatic carbocycles. The first kappa shape index (κ1) is 18.6. The Morgan fingerprint density at radius 3 is 2.74 bits per heavy atom. The van der Waals surface area contributed by atoms with E-state index in [1.807, 2.05) is 49.4 Å². The highest BCUT2D eigenvalue weighted by Gasteiger charge is 2.12. The maximum atomic E-state index is 12.5. The van der Waals surface area contributed by atoms with Crippen LogP contribution in [0, 0.1) is 18.3 Å². The summed E-state index contributed by atoms with van der Waals surface area (Å²) in [6.45, 7) is 3.95. The molecule has 1 heterocycles. The van der Waals surface area contributed by atoms with E-state index >= 15 is 0 Å². The number of aryl methyl sites for hydroxylation is 2. The van der Waals surface area contributed by atoms with Gasteiger partial charge in [-0.05, 0) is 42.5 Å². The summed E-state index contributed by atoms with van der Waals surface area (Å²) in [5.41, 5.74) is 5.14. The lowest BCUT2D eigenvalue weighted by molar-refractivity contribution is 0.752. The first-order chi connectivity index (χ1) is 13.1. The molecule has 4 heteroatoms. The molecule has 0 fully saturated rings. The topological polar surface area (TPSA) is 69.5 Å². The fourth-order valence-corrected chi connectivity index (χ4v) is 3.29. The highest BCUT2D eigenvalue weighted by molar-refractivity contribution is 5.71. The molecule has 0 aliphatic rings. The summed E-state index contributed by atoms with van der Waals surface area (Å²) in [4.78, 5) is 20.0. The van der Waals surface area contributed by atoms with Gasteiger partial charge in [0.2, 0.25) is 0 Å². The SMILES string of the molecule is CCCCc1nc(C)[nH]c(=O)c1Cc1cccc(-c2ccccc2C#N)c1. The Bertz CT molecular complexity index is 1040. The Balaban J connectivity index is 1.98. The fourth-order valence-electron chi connectivity index (χ4n) is 3.29. The van der Waals surface area contributed by atoms with Gasteiger partial charge in [0, 0.05) is 12.0 Å². The second-order valence-corrected chi connectivity index (χ2v) is 6.71. The van der Waals surface area contributed by atoms with Gasteiger partial charge in [-0.25, -0.2) is 4.98 Å². The zero-order valence-corrected chi connectivity index (χ0v) is 15.7. The van der Waals surface area contributed by atoms with Crippen LogP contribution < -0.4 is 5.56 Å². The molecule has 0 saturated carbocycles. The molecule has 1 N–H and O–H groups in total. The van der Waals surface area contributed by atoms with Crippen LogP contribution in [-0.4, -0.2) is 9.97 Å². The van der Waals surface area contributed by atoms with Crippen molar-refractivity contribution in [3.05, 3.63) is 87.1 Å². The van der Waals surface area contributed by atoms with Crippen LogP contribution in [0.2, 0.25) is 0 Å². The number of hydrogen-bond donors (Lipinski definition) is 1. The maximum Gasteiger partial charge on any atom is 0.254 e. The van der Waals surface area contributed by atoms with Crippen molar-refractivity contribution in [2.45, 2.75) is 39.5 Å². The van der Waals surface area contributed by atoms with Crippen LogP contribution in [0.15, 0.2) is 53.3 Å². The largest absolute Gasteiger partial charge is 0.311 e. The monoisotopic (exact) mass is 357 g/mol. The van der Waals surface area contributed by atoms with Crippen molar-refractivity contribution in [1.82, 2.24) is 9.97 Å². The molecule has 27 heavy (non-hydrogen) atoms. The van der Waals surface area contributed by atoms with Gasteiger partial charge >= 0.3 is 0 Å². The number of nitrogens with zero attached hydrogens (tertiary/aromatic N) is 2. The van der Waals surface area contributed by atoms with Gasteiger partial charge in [-0.3, -0.25) is 4.79 Å². The van der Waals surface area contributed by atoms with Gasteiger partial charge < -0.3 is 4.98 Å². The lowest BCUT2D eigenvalue weighted by atomic mass is 9.96. The van der Waals surface area contributed by atoms with Crippen molar-refractivity contribution < 1.29 is 0 Å². The van der Waals surface area contributed by atoms with Crippen molar-refractivity contribution in [1.29, 1.82) is 5.26 Å².